The zero-order valence-corrected chi connectivity index (χ0v) is 13.1. The van der Waals surface area contributed by atoms with Gasteiger partial charge < -0.3 is 20.1 Å². The van der Waals surface area contributed by atoms with Crippen LogP contribution in [-0.4, -0.2) is 18.3 Å². The first-order valence-electron chi connectivity index (χ1n) is 7.07. The standard InChI is InChI=1S/C16H13F3N2O2S/c17-16(18,19)10-1-3-11(4-2-10)20-15(24)21-12-5-6-13-14(9-12)23-8-7-22-13/h1-6,9H,7-8H2,(H2,20,21,24). The predicted molar refractivity (Wildman–Crippen MR) is 88.7 cm³/mol. The topological polar surface area (TPSA) is 42.5 Å². The van der Waals surface area contributed by atoms with Crippen molar-refractivity contribution in [3.8, 4) is 11.5 Å². The number of rotatable bonds is 2. The van der Waals surface area contributed by atoms with Gasteiger partial charge in [-0.1, -0.05) is 0 Å². The Kier molecular flexibility index (Phi) is 4.48. The summed E-state index contributed by atoms with van der Waals surface area (Å²) in [4.78, 5) is 0. The summed E-state index contributed by atoms with van der Waals surface area (Å²) in [6, 6.07) is 9.91. The summed E-state index contributed by atoms with van der Waals surface area (Å²) < 4.78 is 48.5. The lowest BCUT2D eigenvalue weighted by atomic mass is 10.2. The van der Waals surface area contributed by atoms with Crippen LogP contribution in [0.1, 0.15) is 5.56 Å². The van der Waals surface area contributed by atoms with E-state index in [-0.39, 0.29) is 5.11 Å². The number of anilines is 2. The Bertz CT molecular complexity index is 748. The smallest absolute Gasteiger partial charge is 0.416 e. The zero-order valence-electron chi connectivity index (χ0n) is 12.3. The van der Waals surface area contributed by atoms with Gasteiger partial charge in [0.15, 0.2) is 16.6 Å². The fourth-order valence-corrected chi connectivity index (χ4v) is 2.39. The van der Waals surface area contributed by atoms with Gasteiger partial charge in [-0.15, -0.1) is 0 Å². The van der Waals surface area contributed by atoms with Crippen LogP contribution in [0.15, 0.2) is 42.5 Å². The molecule has 0 saturated heterocycles. The molecule has 3 rings (SSSR count). The second-order valence-corrected chi connectivity index (χ2v) is 5.42. The maximum Gasteiger partial charge on any atom is 0.416 e. The monoisotopic (exact) mass is 354 g/mol. The molecule has 0 atom stereocenters. The quantitative estimate of drug-likeness (QED) is 0.788. The van der Waals surface area contributed by atoms with Gasteiger partial charge in [-0.3, -0.25) is 0 Å². The number of hydrogen-bond donors (Lipinski definition) is 2. The van der Waals surface area contributed by atoms with Gasteiger partial charge in [0.25, 0.3) is 0 Å². The molecule has 2 N–H and O–H groups in total. The first-order valence-corrected chi connectivity index (χ1v) is 7.47. The van der Waals surface area contributed by atoms with Crippen LogP contribution >= 0.6 is 12.2 Å². The fourth-order valence-electron chi connectivity index (χ4n) is 2.16. The second kappa shape index (κ2) is 6.56. The summed E-state index contributed by atoms with van der Waals surface area (Å²) in [5.74, 6) is 1.27. The summed E-state index contributed by atoms with van der Waals surface area (Å²) in [6.45, 7) is 0.984. The van der Waals surface area contributed by atoms with E-state index in [2.05, 4.69) is 10.6 Å². The van der Waals surface area contributed by atoms with Gasteiger partial charge in [0.05, 0.1) is 5.56 Å². The normalized spacial score (nSPS) is 13.3. The van der Waals surface area contributed by atoms with Gasteiger partial charge in [0.1, 0.15) is 13.2 Å². The molecule has 0 radical (unpaired) electrons. The number of hydrogen-bond acceptors (Lipinski definition) is 3. The molecule has 2 aromatic rings. The van der Waals surface area contributed by atoms with E-state index in [9.17, 15) is 13.2 Å². The minimum absolute atomic E-state index is 0.256. The van der Waals surface area contributed by atoms with E-state index in [4.69, 9.17) is 21.7 Å². The number of halogens is 3. The molecule has 0 aromatic heterocycles. The Hall–Kier alpha value is -2.48. The number of thiocarbonyl (C=S) groups is 1. The Balaban J connectivity index is 1.63. The molecule has 0 bridgehead atoms. The summed E-state index contributed by atoms with van der Waals surface area (Å²) in [5, 5.41) is 6.03. The molecule has 1 heterocycles. The molecule has 0 fully saturated rings. The molecule has 1 aliphatic rings. The minimum atomic E-state index is -4.36. The van der Waals surface area contributed by atoms with Crippen molar-refractivity contribution in [3.63, 3.8) is 0 Å². The first-order chi connectivity index (χ1) is 11.4. The largest absolute Gasteiger partial charge is 0.486 e. The van der Waals surface area contributed by atoms with Crippen molar-refractivity contribution in [2.45, 2.75) is 6.18 Å². The summed E-state index contributed by atoms with van der Waals surface area (Å²) in [5.41, 5.74) is 0.431. The number of fused-ring (bicyclic) bond motifs is 1. The lowest BCUT2D eigenvalue weighted by Gasteiger charge is -2.19. The van der Waals surface area contributed by atoms with Crippen LogP contribution in [-0.2, 0) is 6.18 Å². The van der Waals surface area contributed by atoms with E-state index < -0.39 is 11.7 Å². The molecule has 0 spiro atoms. The van der Waals surface area contributed by atoms with Crippen LogP contribution in [0.5, 0.6) is 11.5 Å². The summed E-state index contributed by atoms with van der Waals surface area (Å²) >= 11 is 5.16. The first kappa shape index (κ1) is 16.4. The van der Waals surface area contributed by atoms with Crippen LogP contribution in [0.3, 0.4) is 0 Å². The fraction of sp³-hybridized carbons (Fsp3) is 0.188. The molecule has 4 nitrogen and oxygen atoms in total. The van der Waals surface area contributed by atoms with Crippen molar-refractivity contribution >= 4 is 28.7 Å². The highest BCUT2D eigenvalue weighted by Crippen LogP contribution is 2.33. The molecular weight excluding hydrogens is 341 g/mol. The third kappa shape index (κ3) is 3.88. The van der Waals surface area contributed by atoms with E-state index in [1.807, 2.05) is 0 Å². The molecule has 126 valence electrons. The maximum absolute atomic E-state index is 12.5. The van der Waals surface area contributed by atoms with Crippen molar-refractivity contribution in [3.05, 3.63) is 48.0 Å². The van der Waals surface area contributed by atoms with Crippen molar-refractivity contribution in [2.24, 2.45) is 0 Å². The van der Waals surface area contributed by atoms with Crippen LogP contribution in [0.4, 0.5) is 24.5 Å². The molecule has 1 aliphatic heterocycles. The van der Waals surface area contributed by atoms with Gasteiger partial charge in [0.2, 0.25) is 0 Å². The Morgan fingerprint density at radius 1 is 0.875 bits per heavy atom. The zero-order chi connectivity index (χ0) is 17.2. The Labute approximate surface area is 141 Å². The predicted octanol–water partition coefficient (Wildman–Crippen LogP) is 4.29. The third-order valence-corrected chi connectivity index (χ3v) is 3.47. The van der Waals surface area contributed by atoms with Gasteiger partial charge in [0, 0.05) is 17.4 Å². The van der Waals surface area contributed by atoms with Crippen molar-refractivity contribution in [1.29, 1.82) is 0 Å². The van der Waals surface area contributed by atoms with Crippen LogP contribution in [0, 0.1) is 0 Å². The maximum atomic E-state index is 12.5. The average Bonchev–Trinajstić information content (AvgIpc) is 2.54. The highest BCUT2D eigenvalue weighted by molar-refractivity contribution is 7.80. The molecule has 24 heavy (non-hydrogen) atoms. The van der Waals surface area contributed by atoms with Gasteiger partial charge in [-0.25, -0.2) is 0 Å². The molecule has 0 unspecified atom stereocenters. The van der Waals surface area contributed by atoms with Crippen molar-refractivity contribution in [2.75, 3.05) is 23.8 Å². The number of nitrogens with one attached hydrogen (secondary N) is 2. The van der Waals surface area contributed by atoms with Crippen LogP contribution < -0.4 is 20.1 Å². The van der Waals surface area contributed by atoms with Crippen LogP contribution in [0.2, 0.25) is 0 Å². The molecule has 0 saturated carbocycles. The van der Waals surface area contributed by atoms with Gasteiger partial charge >= 0.3 is 6.18 Å². The van der Waals surface area contributed by atoms with Crippen molar-refractivity contribution < 1.29 is 22.6 Å². The lowest BCUT2D eigenvalue weighted by molar-refractivity contribution is -0.137. The summed E-state index contributed by atoms with van der Waals surface area (Å²) in [7, 11) is 0. The Morgan fingerprint density at radius 3 is 2.12 bits per heavy atom. The number of benzene rings is 2. The van der Waals surface area contributed by atoms with Gasteiger partial charge in [-0.2, -0.15) is 13.2 Å². The van der Waals surface area contributed by atoms with Crippen molar-refractivity contribution in [1.82, 2.24) is 0 Å². The average molecular weight is 354 g/mol. The van der Waals surface area contributed by atoms with E-state index >= 15 is 0 Å². The van der Waals surface area contributed by atoms with E-state index in [1.54, 1.807) is 18.2 Å². The minimum Gasteiger partial charge on any atom is -0.486 e. The Morgan fingerprint density at radius 2 is 1.46 bits per heavy atom. The molecule has 2 aromatic carbocycles. The number of alkyl halides is 3. The van der Waals surface area contributed by atoms with Crippen LogP contribution in [0.25, 0.3) is 0 Å². The lowest BCUT2D eigenvalue weighted by Crippen LogP contribution is -2.20. The highest BCUT2D eigenvalue weighted by atomic mass is 32.1. The van der Waals surface area contributed by atoms with E-state index in [0.29, 0.717) is 36.1 Å². The SMILES string of the molecule is FC(F)(F)c1ccc(NC(=S)Nc2ccc3c(c2)OCCO3)cc1. The van der Waals surface area contributed by atoms with E-state index in [0.717, 1.165) is 12.1 Å². The van der Waals surface area contributed by atoms with E-state index in [1.165, 1.54) is 12.1 Å². The second-order valence-electron chi connectivity index (χ2n) is 5.01. The molecular formula is C16H13F3N2O2S. The number of ether oxygens (including phenoxy) is 2. The molecule has 0 amide bonds. The molecule has 0 aliphatic carbocycles. The summed E-state index contributed by atoms with van der Waals surface area (Å²) in [6.07, 6.45) is -4.36. The third-order valence-electron chi connectivity index (χ3n) is 3.27. The molecule has 8 heteroatoms. The van der Waals surface area contributed by atoms with Gasteiger partial charge in [-0.05, 0) is 48.6 Å². The highest BCUT2D eigenvalue weighted by Gasteiger charge is 2.29.